The van der Waals surface area contributed by atoms with E-state index >= 15 is 0 Å². The van der Waals surface area contributed by atoms with E-state index < -0.39 is 0 Å². The maximum Gasteiger partial charge on any atom is 0.155 e. The lowest BCUT2D eigenvalue weighted by Gasteiger charge is -2.56. The minimum Gasteiger partial charge on any atom is -0.299 e. The molecule has 2 heteroatoms. The summed E-state index contributed by atoms with van der Waals surface area (Å²) in [6.07, 6.45) is 10.3. The van der Waals surface area contributed by atoms with Gasteiger partial charge in [0.15, 0.2) is 5.78 Å². The molecule has 21 heavy (non-hydrogen) atoms. The van der Waals surface area contributed by atoms with Crippen molar-refractivity contribution in [1.29, 1.82) is 0 Å². The molecular formula is C19H26O2. The molecule has 114 valence electrons. The zero-order valence-electron chi connectivity index (χ0n) is 13.3. The van der Waals surface area contributed by atoms with Gasteiger partial charge >= 0.3 is 0 Å². The van der Waals surface area contributed by atoms with E-state index in [1.807, 2.05) is 6.08 Å². The van der Waals surface area contributed by atoms with Crippen LogP contribution in [-0.2, 0) is 9.59 Å². The lowest BCUT2D eigenvalue weighted by molar-refractivity contribution is -0.139. The Balaban J connectivity index is 1.76. The molecule has 3 saturated carbocycles. The normalized spacial score (nSPS) is 49.2. The van der Waals surface area contributed by atoms with Crippen molar-refractivity contribution in [3.8, 4) is 0 Å². The minimum atomic E-state index is 0.121. The highest BCUT2D eigenvalue weighted by atomic mass is 16.1. The molecule has 0 aromatic heterocycles. The van der Waals surface area contributed by atoms with Gasteiger partial charge in [-0.15, -0.1) is 0 Å². The molecule has 4 aliphatic rings. The maximum absolute atomic E-state index is 12.9. The molecule has 0 bridgehead atoms. The lowest BCUT2D eigenvalue weighted by Crippen LogP contribution is -2.53. The Hall–Kier alpha value is -0.920. The standard InChI is InChI=1S/C19H26O2/c1-18-7-3-4-14(18)17-15(6-8-18)19(2)9-5-13(20)10-12(19)11-16(17)21/h10,14-15,17H,3-9,11H2,1-2H3/t14-,15+,17-,18-,19-/m0/s1. The zero-order valence-corrected chi connectivity index (χ0v) is 13.3. The number of fused-ring (bicyclic) bond motifs is 5. The van der Waals surface area contributed by atoms with Gasteiger partial charge in [-0.1, -0.05) is 25.8 Å². The molecule has 0 aromatic carbocycles. The number of Topliss-reactive ketones (excluding diaryl/α,β-unsaturated/α-hetero) is 1. The number of hydrogen-bond donors (Lipinski definition) is 0. The van der Waals surface area contributed by atoms with Gasteiger partial charge in [0.05, 0.1) is 0 Å². The topological polar surface area (TPSA) is 34.1 Å². The van der Waals surface area contributed by atoms with E-state index in [4.69, 9.17) is 0 Å². The number of ketones is 2. The molecule has 0 aliphatic heterocycles. The Morgan fingerprint density at radius 2 is 1.86 bits per heavy atom. The molecule has 4 aliphatic carbocycles. The number of carbonyl (C=O) groups is 2. The molecule has 0 saturated heterocycles. The van der Waals surface area contributed by atoms with Gasteiger partial charge in [0, 0.05) is 18.8 Å². The van der Waals surface area contributed by atoms with Crippen LogP contribution in [0.5, 0.6) is 0 Å². The van der Waals surface area contributed by atoms with Crippen LogP contribution in [0.15, 0.2) is 11.6 Å². The van der Waals surface area contributed by atoms with Crippen LogP contribution in [0.3, 0.4) is 0 Å². The first-order chi connectivity index (χ1) is 9.94. The van der Waals surface area contributed by atoms with Gasteiger partial charge in [0.25, 0.3) is 0 Å². The first kappa shape index (κ1) is 13.7. The summed E-state index contributed by atoms with van der Waals surface area (Å²) in [6, 6.07) is 0. The van der Waals surface area contributed by atoms with Gasteiger partial charge in [0.1, 0.15) is 5.78 Å². The van der Waals surface area contributed by atoms with Crippen LogP contribution in [0.25, 0.3) is 0 Å². The van der Waals surface area contributed by atoms with E-state index in [9.17, 15) is 9.59 Å². The molecule has 0 amide bonds. The van der Waals surface area contributed by atoms with Gasteiger partial charge in [-0.05, 0) is 60.8 Å². The van der Waals surface area contributed by atoms with Crippen molar-refractivity contribution in [3.63, 3.8) is 0 Å². The summed E-state index contributed by atoms with van der Waals surface area (Å²) in [7, 11) is 0. The van der Waals surface area contributed by atoms with Gasteiger partial charge in [0.2, 0.25) is 0 Å². The second-order valence-electron chi connectivity index (χ2n) is 8.52. The van der Waals surface area contributed by atoms with E-state index in [0.717, 1.165) is 12.0 Å². The second-order valence-corrected chi connectivity index (χ2v) is 8.52. The van der Waals surface area contributed by atoms with Crippen molar-refractivity contribution < 1.29 is 9.59 Å². The first-order valence-corrected chi connectivity index (χ1v) is 8.71. The molecule has 2 nitrogen and oxygen atoms in total. The summed E-state index contributed by atoms with van der Waals surface area (Å²) in [5.74, 6) is 2.06. The van der Waals surface area contributed by atoms with Crippen molar-refractivity contribution in [3.05, 3.63) is 11.6 Å². The summed E-state index contributed by atoms with van der Waals surface area (Å²) in [4.78, 5) is 24.6. The smallest absolute Gasteiger partial charge is 0.155 e. The Kier molecular flexibility index (Phi) is 2.81. The van der Waals surface area contributed by atoms with Crippen LogP contribution < -0.4 is 0 Å². The lowest BCUT2D eigenvalue weighted by atomic mass is 9.47. The summed E-state index contributed by atoms with van der Waals surface area (Å²) in [6.45, 7) is 4.76. The van der Waals surface area contributed by atoms with Gasteiger partial charge in [-0.3, -0.25) is 9.59 Å². The highest BCUT2D eigenvalue weighted by Gasteiger charge is 2.58. The monoisotopic (exact) mass is 286 g/mol. The van der Waals surface area contributed by atoms with Gasteiger partial charge in [-0.25, -0.2) is 0 Å². The highest BCUT2D eigenvalue weighted by Crippen LogP contribution is 2.64. The summed E-state index contributed by atoms with van der Waals surface area (Å²) in [5, 5.41) is 0. The Morgan fingerprint density at radius 1 is 1.05 bits per heavy atom. The highest BCUT2D eigenvalue weighted by molar-refractivity contribution is 5.95. The fraction of sp³-hybridized carbons (Fsp3) is 0.789. The predicted molar refractivity (Wildman–Crippen MR) is 81.7 cm³/mol. The second kappa shape index (κ2) is 4.30. The fourth-order valence-electron chi connectivity index (χ4n) is 6.25. The molecule has 4 rings (SSSR count). The maximum atomic E-state index is 12.9. The number of rotatable bonds is 0. The van der Waals surface area contributed by atoms with E-state index in [1.54, 1.807) is 0 Å². The third-order valence-electron chi connectivity index (χ3n) is 7.57. The predicted octanol–water partition coefficient (Wildman–Crippen LogP) is 4.09. The summed E-state index contributed by atoms with van der Waals surface area (Å²) in [5.41, 5.74) is 1.70. The van der Waals surface area contributed by atoms with Crippen molar-refractivity contribution in [1.82, 2.24) is 0 Å². The molecule has 0 aromatic rings. The molecule has 0 spiro atoms. The van der Waals surface area contributed by atoms with Crippen molar-refractivity contribution in [2.75, 3.05) is 0 Å². The molecule has 3 fully saturated rings. The number of carbonyl (C=O) groups excluding carboxylic acids is 2. The average Bonchev–Trinajstić information content (AvgIpc) is 2.82. The van der Waals surface area contributed by atoms with Crippen molar-refractivity contribution in [2.24, 2.45) is 28.6 Å². The van der Waals surface area contributed by atoms with Crippen LogP contribution in [0.1, 0.15) is 65.2 Å². The minimum absolute atomic E-state index is 0.121. The molecule has 0 N–H and O–H groups in total. The Bertz CT molecular complexity index is 546. The van der Waals surface area contributed by atoms with E-state index in [0.29, 0.717) is 35.9 Å². The Labute approximate surface area is 127 Å². The van der Waals surface area contributed by atoms with Crippen molar-refractivity contribution in [2.45, 2.75) is 65.2 Å². The molecular weight excluding hydrogens is 260 g/mol. The van der Waals surface area contributed by atoms with Crippen LogP contribution in [0.4, 0.5) is 0 Å². The molecule has 0 radical (unpaired) electrons. The van der Waals surface area contributed by atoms with E-state index in [2.05, 4.69) is 13.8 Å². The zero-order chi connectivity index (χ0) is 14.8. The van der Waals surface area contributed by atoms with Crippen molar-refractivity contribution >= 4 is 11.6 Å². The number of hydrogen-bond acceptors (Lipinski definition) is 2. The molecule has 0 unspecified atom stereocenters. The number of allylic oxidation sites excluding steroid dienone is 1. The van der Waals surface area contributed by atoms with E-state index in [1.165, 1.54) is 32.1 Å². The first-order valence-electron chi connectivity index (χ1n) is 8.71. The molecule has 5 atom stereocenters. The largest absolute Gasteiger partial charge is 0.299 e. The fourth-order valence-corrected chi connectivity index (χ4v) is 6.25. The van der Waals surface area contributed by atoms with Crippen LogP contribution >= 0.6 is 0 Å². The van der Waals surface area contributed by atoms with Gasteiger partial charge in [-0.2, -0.15) is 0 Å². The summed E-state index contributed by atoms with van der Waals surface area (Å²) >= 11 is 0. The Morgan fingerprint density at radius 3 is 2.67 bits per heavy atom. The third kappa shape index (κ3) is 1.77. The SMILES string of the molecule is C[C@@]12CCC[C@H]1[C@@H]1C(=O)CC3=CC(=O)CC[C@]3(C)[C@@H]1CC2. The molecule has 0 heterocycles. The average molecular weight is 286 g/mol. The van der Waals surface area contributed by atoms with Crippen LogP contribution in [0.2, 0.25) is 0 Å². The van der Waals surface area contributed by atoms with E-state index in [-0.39, 0.29) is 17.1 Å². The van der Waals surface area contributed by atoms with Gasteiger partial charge < -0.3 is 0 Å². The van der Waals surface area contributed by atoms with Crippen LogP contribution in [-0.4, -0.2) is 11.6 Å². The summed E-state index contributed by atoms with van der Waals surface area (Å²) < 4.78 is 0. The third-order valence-corrected chi connectivity index (χ3v) is 7.57. The quantitative estimate of drug-likeness (QED) is 0.672. The van der Waals surface area contributed by atoms with Crippen LogP contribution in [0, 0.1) is 28.6 Å².